The average molecular weight is 384 g/mol. The number of benzene rings is 1. The summed E-state index contributed by atoms with van der Waals surface area (Å²) in [6, 6.07) is 8.54. The van der Waals surface area contributed by atoms with Gasteiger partial charge in [0.05, 0.1) is 25.9 Å². The maximum Gasteiger partial charge on any atom is 0.123 e. The molecule has 1 aliphatic carbocycles. The van der Waals surface area contributed by atoms with Gasteiger partial charge in [0.25, 0.3) is 0 Å². The normalized spacial score (nSPS) is 23.1. The molecule has 2 aliphatic rings. The summed E-state index contributed by atoms with van der Waals surface area (Å²) in [7, 11) is 1.74. The van der Waals surface area contributed by atoms with E-state index in [2.05, 4.69) is 35.1 Å². The second-order valence-corrected chi connectivity index (χ2v) is 8.32. The summed E-state index contributed by atoms with van der Waals surface area (Å²) < 4.78 is 14.0. The number of methoxy groups -OCH3 is 1. The van der Waals surface area contributed by atoms with Crippen LogP contribution in [0.1, 0.15) is 50.2 Å². The zero-order chi connectivity index (χ0) is 19.3. The fourth-order valence-electron chi connectivity index (χ4n) is 4.28. The predicted octanol–water partition coefficient (Wildman–Crippen LogP) is 4.11. The average Bonchev–Trinajstić information content (AvgIpc) is 3.44. The predicted molar refractivity (Wildman–Crippen MR) is 111 cm³/mol. The molecule has 2 fully saturated rings. The van der Waals surface area contributed by atoms with Gasteiger partial charge in [-0.05, 0) is 48.9 Å². The Bertz CT molecular complexity index is 742. The second-order valence-electron chi connectivity index (χ2n) is 8.32. The van der Waals surface area contributed by atoms with Crippen LogP contribution in [0.2, 0.25) is 0 Å². The first-order chi connectivity index (χ1) is 13.7. The van der Waals surface area contributed by atoms with E-state index >= 15 is 0 Å². The van der Waals surface area contributed by atoms with Gasteiger partial charge in [-0.3, -0.25) is 9.58 Å². The largest absolute Gasteiger partial charge is 0.496 e. The molecule has 2 aromatic rings. The number of aromatic nitrogens is 2. The smallest absolute Gasteiger partial charge is 0.123 e. The monoisotopic (exact) mass is 383 g/mol. The van der Waals surface area contributed by atoms with Gasteiger partial charge in [0.2, 0.25) is 0 Å². The standard InChI is InChI=1S/C23H33N3O2/c1-3-4-6-21-16-25(17-23(28-21)19-8-9-19)14-18-7-10-22(27-2)20(13-18)15-26-12-5-11-24-26/h5,7,10-13,19,21,23H,3-4,6,8-9,14-17H2,1-2H3/t21-,23-/m1/s1. The molecule has 0 radical (unpaired) electrons. The van der Waals surface area contributed by atoms with Gasteiger partial charge in [0, 0.05) is 37.6 Å². The van der Waals surface area contributed by atoms with E-state index in [-0.39, 0.29) is 0 Å². The van der Waals surface area contributed by atoms with Crippen molar-refractivity contribution in [2.75, 3.05) is 20.2 Å². The van der Waals surface area contributed by atoms with Crippen LogP contribution in [0.4, 0.5) is 0 Å². The van der Waals surface area contributed by atoms with Crippen LogP contribution in [-0.4, -0.2) is 47.1 Å². The van der Waals surface area contributed by atoms with Crippen LogP contribution in [0.3, 0.4) is 0 Å². The summed E-state index contributed by atoms with van der Waals surface area (Å²) in [6.07, 6.45) is 11.0. The van der Waals surface area contributed by atoms with Crippen LogP contribution < -0.4 is 4.74 Å². The molecule has 5 heteroatoms. The molecule has 1 saturated carbocycles. The fourth-order valence-corrected chi connectivity index (χ4v) is 4.28. The lowest BCUT2D eigenvalue weighted by molar-refractivity contribution is -0.0993. The number of morpholine rings is 1. The number of rotatable bonds is 9. The van der Waals surface area contributed by atoms with Crippen molar-refractivity contribution in [3.8, 4) is 5.75 Å². The molecule has 0 unspecified atom stereocenters. The third-order valence-corrected chi connectivity index (χ3v) is 5.94. The Balaban J connectivity index is 1.45. The number of unbranched alkanes of at least 4 members (excludes halogenated alkanes) is 1. The van der Waals surface area contributed by atoms with Crippen molar-refractivity contribution in [1.82, 2.24) is 14.7 Å². The van der Waals surface area contributed by atoms with Crippen molar-refractivity contribution in [2.45, 2.75) is 64.3 Å². The summed E-state index contributed by atoms with van der Waals surface area (Å²) in [5.41, 5.74) is 2.52. The first-order valence-corrected chi connectivity index (χ1v) is 10.8. The van der Waals surface area contributed by atoms with Crippen LogP contribution >= 0.6 is 0 Å². The lowest BCUT2D eigenvalue weighted by Crippen LogP contribution is -2.48. The van der Waals surface area contributed by atoms with E-state index in [9.17, 15) is 0 Å². The lowest BCUT2D eigenvalue weighted by Gasteiger charge is -2.38. The highest BCUT2D eigenvalue weighted by atomic mass is 16.5. The van der Waals surface area contributed by atoms with Gasteiger partial charge in [-0.15, -0.1) is 0 Å². The van der Waals surface area contributed by atoms with Gasteiger partial charge in [-0.25, -0.2) is 0 Å². The highest BCUT2D eigenvalue weighted by Gasteiger charge is 2.38. The Hall–Kier alpha value is -1.85. The molecule has 2 heterocycles. The van der Waals surface area contributed by atoms with Crippen molar-refractivity contribution in [3.63, 3.8) is 0 Å². The molecule has 4 rings (SSSR count). The zero-order valence-corrected chi connectivity index (χ0v) is 17.2. The lowest BCUT2D eigenvalue weighted by atomic mass is 10.0. The molecule has 1 aliphatic heterocycles. The van der Waals surface area contributed by atoms with E-state index in [4.69, 9.17) is 9.47 Å². The van der Waals surface area contributed by atoms with Crippen molar-refractivity contribution in [3.05, 3.63) is 47.8 Å². The first kappa shape index (κ1) is 19.5. The maximum absolute atomic E-state index is 6.44. The van der Waals surface area contributed by atoms with E-state index in [1.165, 1.54) is 43.2 Å². The van der Waals surface area contributed by atoms with Crippen molar-refractivity contribution < 1.29 is 9.47 Å². The number of hydrogen-bond donors (Lipinski definition) is 0. The number of hydrogen-bond acceptors (Lipinski definition) is 4. The van der Waals surface area contributed by atoms with Gasteiger partial charge >= 0.3 is 0 Å². The second kappa shape index (κ2) is 9.10. The summed E-state index contributed by atoms with van der Waals surface area (Å²) in [6.45, 7) is 6.08. The Kier molecular flexibility index (Phi) is 6.33. The number of nitrogens with zero attached hydrogens (tertiary/aromatic N) is 3. The SMILES string of the molecule is CCCC[C@@H]1CN(Cc2ccc(OC)c(Cn3cccn3)c2)C[C@H](C2CC2)O1. The van der Waals surface area contributed by atoms with E-state index in [0.29, 0.717) is 12.2 Å². The first-order valence-electron chi connectivity index (χ1n) is 10.8. The highest BCUT2D eigenvalue weighted by molar-refractivity contribution is 5.37. The molecular weight excluding hydrogens is 350 g/mol. The van der Waals surface area contributed by atoms with Crippen LogP contribution in [0.25, 0.3) is 0 Å². The molecule has 0 N–H and O–H groups in total. The minimum absolute atomic E-state index is 0.390. The van der Waals surface area contributed by atoms with E-state index in [1.807, 2.05) is 23.1 Å². The third-order valence-electron chi connectivity index (χ3n) is 5.94. The van der Waals surface area contributed by atoms with Gasteiger partial charge in [-0.1, -0.05) is 25.8 Å². The summed E-state index contributed by atoms with van der Waals surface area (Å²) in [5, 5.41) is 4.34. The Morgan fingerprint density at radius 2 is 2.11 bits per heavy atom. The topological polar surface area (TPSA) is 39.5 Å². The zero-order valence-electron chi connectivity index (χ0n) is 17.2. The summed E-state index contributed by atoms with van der Waals surface area (Å²) in [5.74, 6) is 1.72. The minimum Gasteiger partial charge on any atom is -0.496 e. The minimum atomic E-state index is 0.390. The van der Waals surface area contributed by atoms with Gasteiger partial charge in [0.15, 0.2) is 0 Å². The van der Waals surface area contributed by atoms with Crippen LogP contribution in [-0.2, 0) is 17.8 Å². The van der Waals surface area contributed by atoms with Crippen LogP contribution in [0.5, 0.6) is 5.75 Å². The van der Waals surface area contributed by atoms with Crippen molar-refractivity contribution in [1.29, 1.82) is 0 Å². The Morgan fingerprint density at radius 1 is 1.21 bits per heavy atom. The quantitative estimate of drug-likeness (QED) is 0.653. The summed E-state index contributed by atoms with van der Waals surface area (Å²) in [4.78, 5) is 2.60. The van der Waals surface area contributed by atoms with Gasteiger partial charge in [0.1, 0.15) is 5.75 Å². The Morgan fingerprint density at radius 3 is 2.82 bits per heavy atom. The van der Waals surface area contributed by atoms with Gasteiger partial charge < -0.3 is 9.47 Å². The van der Waals surface area contributed by atoms with Crippen molar-refractivity contribution >= 4 is 0 Å². The number of ether oxygens (including phenoxy) is 2. The molecule has 152 valence electrons. The molecule has 0 amide bonds. The van der Waals surface area contributed by atoms with Crippen LogP contribution in [0.15, 0.2) is 36.7 Å². The fraction of sp³-hybridized carbons (Fsp3) is 0.609. The van der Waals surface area contributed by atoms with Crippen LogP contribution in [0, 0.1) is 5.92 Å². The molecule has 2 atom stereocenters. The van der Waals surface area contributed by atoms with Crippen molar-refractivity contribution in [2.24, 2.45) is 5.92 Å². The van der Waals surface area contributed by atoms with Gasteiger partial charge in [-0.2, -0.15) is 5.10 Å². The molecule has 28 heavy (non-hydrogen) atoms. The molecule has 5 nitrogen and oxygen atoms in total. The molecule has 0 spiro atoms. The molecule has 1 aromatic heterocycles. The third kappa shape index (κ3) is 4.95. The summed E-state index contributed by atoms with van der Waals surface area (Å²) >= 11 is 0. The Labute approximate surface area is 168 Å². The van der Waals surface area contributed by atoms with E-state index < -0.39 is 0 Å². The molecular formula is C23H33N3O2. The molecule has 1 aromatic carbocycles. The molecule has 0 bridgehead atoms. The highest BCUT2D eigenvalue weighted by Crippen LogP contribution is 2.37. The van der Waals surface area contributed by atoms with E-state index in [0.717, 1.165) is 37.8 Å². The van der Waals surface area contributed by atoms with E-state index in [1.54, 1.807) is 7.11 Å². The molecule has 1 saturated heterocycles. The maximum atomic E-state index is 6.44.